The maximum absolute atomic E-state index is 8.90. The van der Waals surface area contributed by atoms with Crippen molar-refractivity contribution in [3.05, 3.63) is 28.8 Å². The highest BCUT2D eigenvalue weighted by Crippen LogP contribution is 2.24. The van der Waals surface area contributed by atoms with Gasteiger partial charge in [-0.3, -0.25) is 0 Å². The van der Waals surface area contributed by atoms with Crippen LogP contribution in [-0.4, -0.2) is 46.8 Å². The molecule has 116 valence electrons. The zero-order chi connectivity index (χ0) is 15.5. The molecule has 0 saturated heterocycles. The van der Waals surface area contributed by atoms with E-state index in [1.807, 2.05) is 26.0 Å². The molecule has 0 N–H and O–H groups in total. The maximum Gasteiger partial charge on any atom is 0.125 e. The van der Waals surface area contributed by atoms with E-state index in [0.717, 1.165) is 16.9 Å². The first-order chi connectivity index (χ1) is 10.2. The lowest BCUT2D eigenvalue weighted by atomic mass is 10.1. The maximum atomic E-state index is 8.90. The number of nitrogens with zero attached hydrogens (tertiary/aromatic N) is 1. The summed E-state index contributed by atoms with van der Waals surface area (Å²) in [6.07, 6.45) is 0. The number of aryl methyl sites for hydroxylation is 2. The highest BCUT2D eigenvalue weighted by molar-refractivity contribution is 5.47. The summed E-state index contributed by atoms with van der Waals surface area (Å²) in [6, 6.07) is 5.79. The Bertz CT molecular complexity index is 445. The Labute approximate surface area is 126 Å². The van der Waals surface area contributed by atoms with Gasteiger partial charge in [-0.05, 0) is 37.1 Å². The summed E-state index contributed by atoms with van der Waals surface area (Å²) in [5.41, 5.74) is 2.59. The van der Waals surface area contributed by atoms with Crippen LogP contribution in [0.1, 0.15) is 16.7 Å². The zero-order valence-corrected chi connectivity index (χ0v) is 13.0. The summed E-state index contributed by atoms with van der Waals surface area (Å²) in [7, 11) is 1.64. The number of nitriles is 1. The summed E-state index contributed by atoms with van der Waals surface area (Å²) in [5.74, 6) is 0.828. The highest BCUT2D eigenvalue weighted by atomic mass is 16.6. The summed E-state index contributed by atoms with van der Waals surface area (Å²) in [6.45, 7) is 7.14. The van der Waals surface area contributed by atoms with E-state index < -0.39 is 0 Å². The molecule has 0 fully saturated rings. The van der Waals surface area contributed by atoms with Crippen molar-refractivity contribution in [1.82, 2.24) is 0 Å². The normalized spacial score (nSPS) is 10.4. The van der Waals surface area contributed by atoms with Gasteiger partial charge in [-0.15, -0.1) is 0 Å². The standard InChI is InChI=1S/C16H23NO4/c1-13-10-15(12-17)11-14(2)16(13)21-9-8-20-7-6-19-5-4-18-3/h10-11H,4-9H2,1-3H3. The van der Waals surface area contributed by atoms with E-state index in [4.69, 9.17) is 24.2 Å². The van der Waals surface area contributed by atoms with E-state index in [9.17, 15) is 0 Å². The van der Waals surface area contributed by atoms with E-state index in [-0.39, 0.29) is 0 Å². The van der Waals surface area contributed by atoms with E-state index >= 15 is 0 Å². The molecule has 0 aliphatic carbocycles. The molecule has 0 aromatic heterocycles. The molecule has 0 amide bonds. The molecule has 5 nitrogen and oxygen atoms in total. The van der Waals surface area contributed by atoms with Gasteiger partial charge in [0, 0.05) is 7.11 Å². The average Bonchev–Trinajstić information content (AvgIpc) is 2.47. The lowest BCUT2D eigenvalue weighted by molar-refractivity contribution is 0.0179. The topological polar surface area (TPSA) is 60.7 Å². The summed E-state index contributed by atoms with van der Waals surface area (Å²) in [5, 5.41) is 8.90. The molecular formula is C16H23NO4. The predicted octanol–water partition coefficient (Wildman–Crippen LogP) is 2.23. The Kier molecular flexibility index (Phi) is 8.44. The molecule has 0 aliphatic rings. The van der Waals surface area contributed by atoms with E-state index in [0.29, 0.717) is 45.2 Å². The number of methoxy groups -OCH3 is 1. The van der Waals surface area contributed by atoms with Crippen molar-refractivity contribution in [2.75, 3.05) is 46.8 Å². The molecule has 1 rings (SSSR count). The van der Waals surface area contributed by atoms with Gasteiger partial charge in [0.25, 0.3) is 0 Å². The Morgan fingerprint density at radius 2 is 1.43 bits per heavy atom. The molecule has 0 saturated carbocycles. The fourth-order valence-electron chi connectivity index (χ4n) is 1.91. The quantitative estimate of drug-likeness (QED) is 0.619. The van der Waals surface area contributed by atoms with Crippen molar-refractivity contribution < 1.29 is 18.9 Å². The monoisotopic (exact) mass is 293 g/mol. The summed E-state index contributed by atoms with van der Waals surface area (Å²) >= 11 is 0. The van der Waals surface area contributed by atoms with Crippen molar-refractivity contribution in [2.45, 2.75) is 13.8 Å². The molecule has 0 atom stereocenters. The van der Waals surface area contributed by atoms with Crippen molar-refractivity contribution in [2.24, 2.45) is 0 Å². The second-order valence-corrected chi connectivity index (χ2v) is 4.62. The van der Waals surface area contributed by atoms with Gasteiger partial charge in [-0.25, -0.2) is 0 Å². The minimum Gasteiger partial charge on any atom is -0.491 e. The van der Waals surface area contributed by atoms with Crippen molar-refractivity contribution in [3.63, 3.8) is 0 Å². The number of hydrogen-bond donors (Lipinski definition) is 0. The van der Waals surface area contributed by atoms with Gasteiger partial charge < -0.3 is 18.9 Å². The average molecular weight is 293 g/mol. The van der Waals surface area contributed by atoms with Crippen LogP contribution in [0, 0.1) is 25.2 Å². The third kappa shape index (κ3) is 6.58. The smallest absolute Gasteiger partial charge is 0.125 e. The second-order valence-electron chi connectivity index (χ2n) is 4.62. The number of ether oxygens (including phenoxy) is 4. The first-order valence-electron chi connectivity index (χ1n) is 6.97. The van der Waals surface area contributed by atoms with Crippen LogP contribution in [0.2, 0.25) is 0 Å². The molecule has 0 aliphatic heterocycles. The molecule has 0 radical (unpaired) electrons. The second kappa shape index (κ2) is 10.2. The fourth-order valence-corrected chi connectivity index (χ4v) is 1.91. The molecule has 0 spiro atoms. The number of rotatable bonds is 10. The number of hydrogen-bond acceptors (Lipinski definition) is 5. The molecular weight excluding hydrogens is 270 g/mol. The molecule has 5 heteroatoms. The van der Waals surface area contributed by atoms with Crippen LogP contribution in [0.3, 0.4) is 0 Å². The summed E-state index contributed by atoms with van der Waals surface area (Å²) < 4.78 is 21.3. The Hall–Kier alpha value is -1.61. The molecule has 21 heavy (non-hydrogen) atoms. The first-order valence-corrected chi connectivity index (χ1v) is 6.97. The Morgan fingerprint density at radius 1 is 0.905 bits per heavy atom. The molecule has 1 aromatic carbocycles. The zero-order valence-electron chi connectivity index (χ0n) is 13.0. The lowest BCUT2D eigenvalue weighted by Crippen LogP contribution is -2.13. The van der Waals surface area contributed by atoms with E-state index in [1.165, 1.54) is 0 Å². The SMILES string of the molecule is COCCOCCOCCOc1c(C)cc(C#N)cc1C. The van der Waals surface area contributed by atoms with Crippen LogP contribution in [-0.2, 0) is 14.2 Å². The van der Waals surface area contributed by atoms with Gasteiger partial charge in [0.1, 0.15) is 12.4 Å². The van der Waals surface area contributed by atoms with Crippen LogP contribution in [0.15, 0.2) is 12.1 Å². The van der Waals surface area contributed by atoms with Crippen molar-refractivity contribution >= 4 is 0 Å². The fraction of sp³-hybridized carbons (Fsp3) is 0.562. The van der Waals surface area contributed by atoms with Gasteiger partial charge in [-0.2, -0.15) is 5.26 Å². The Morgan fingerprint density at radius 3 is 1.95 bits per heavy atom. The first kappa shape index (κ1) is 17.4. The number of benzene rings is 1. The van der Waals surface area contributed by atoms with E-state index in [2.05, 4.69) is 6.07 Å². The van der Waals surface area contributed by atoms with E-state index in [1.54, 1.807) is 7.11 Å². The third-order valence-corrected chi connectivity index (χ3v) is 2.87. The lowest BCUT2D eigenvalue weighted by Gasteiger charge is -2.12. The van der Waals surface area contributed by atoms with Gasteiger partial charge in [0.15, 0.2) is 0 Å². The molecule has 0 unspecified atom stereocenters. The van der Waals surface area contributed by atoms with Gasteiger partial charge >= 0.3 is 0 Å². The van der Waals surface area contributed by atoms with Crippen molar-refractivity contribution in [1.29, 1.82) is 5.26 Å². The molecule has 0 heterocycles. The van der Waals surface area contributed by atoms with Crippen LogP contribution in [0.25, 0.3) is 0 Å². The largest absolute Gasteiger partial charge is 0.491 e. The van der Waals surface area contributed by atoms with Crippen LogP contribution >= 0.6 is 0 Å². The molecule has 0 bridgehead atoms. The predicted molar refractivity (Wildman–Crippen MR) is 79.6 cm³/mol. The van der Waals surface area contributed by atoms with Gasteiger partial charge in [-0.1, -0.05) is 0 Å². The van der Waals surface area contributed by atoms with Gasteiger partial charge in [0.2, 0.25) is 0 Å². The van der Waals surface area contributed by atoms with Crippen LogP contribution < -0.4 is 4.74 Å². The minimum atomic E-state index is 0.478. The highest BCUT2D eigenvalue weighted by Gasteiger charge is 2.06. The van der Waals surface area contributed by atoms with Gasteiger partial charge in [0.05, 0.1) is 44.7 Å². The Balaban J connectivity index is 2.20. The third-order valence-electron chi connectivity index (χ3n) is 2.87. The molecule has 1 aromatic rings. The van der Waals surface area contributed by atoms with Crippen molar-refractivity contribution in [3.8, 4) is 11.8 Å². The summed E-state index contributed by atoms with van der Waals surface area (Å²) in [4.78, 5) is 0. The van der Waals surface area contributed by atoms with Crippen LogP contribution in [0.5, 0.6) is 5.75 Å². The van der Waals surface area contributed by atoms with Crippen LogP contribution in [0.4, 0.5) is 0 Å². The minimum absolute atomic E-state index is 0.478.